The van der Waals surface area contributed by atoms with Crippen LogP contribution in [-0.2, 0) is 0 Å². The van der Waals surface area contributed by atoms with E-state index in [2.05, 4.69) is 23.7 Å². The van der Waals surface area contributed by atoms with Gasteiger partial charge in [-0.2, -0.15) is 0 Å². The van der Waals surface area contributed by atoms with Crippen LogP contribution in [0.15, 0.2) is 18.3 Å². The molecule has 0 saturated carbocycles. The number of pyridine rings is 1. The highest BCUT2D eigenvalue weighted by molar-refractivity contribution is 5.94. The molecule has 0 radical (unpaired) electrons. The maximum absolute atomic E-state index is 12.7. The molecule has 5 heteroatoms. The Kier molecular flexibility index (Phi) is 6.19. The second kappa shape index (κ2) is 8.13. The van der Waals surface area contributed by atoms with Gasteiger partial charge in [-0.3, -0.25) is 4.79 Å². The number of hydrogen-bond acceptors (Lipinski definition) is 4. The van der Waals surface area contributed by atoms with Crippen molar-refractivity contribution in [2.45, 2.75) is 45.6 Å². The molecule has 1 saturated heterocycles. The van der Waals surface area contributed by atoms with E-state index in [0.29, 0.717) is 12.1 Å². The quantitative estimate of drug-likeness (QED) is 0.876. The molecule has 1 aliphatic rings. The van der Waals surface area contributed by atoms with Crippen LogP contribution in [0.1, 0.15) is 49.9 Å². The van der Waals surface area contributed by atoms with Crippen molar-refractivity contribution in [2.75, 3.05) is 31.1 Å². The lowest BCUT2D eigenvalue weighted by atomic mass is 10.0. The smallest absolute Gasteiger partial charge is 0.255 e. The van der Waals surface area contributed by atoms with Crippen molar-refractivity contribution in [1.29, 1.82) is 0 Å². The molecule has 1 atom stereocenters. The first-order chi connectivity index (χ1) is 10.7. The van der Waals surface area contributed by atoms with E-state index in [4.69, 9.17) is 5.73 Å². The van der Waals surface area contributed by atoms with Gasteiger partial charge in [0.05, 0.1) is 5.56 Å². The van der Waals surface area contributed by atoms with Crippen LogP contribution in [0.4, 0.5) is 5.82 Å². The zero-order valence-electron chi connectivity index (χ0n) is 13.8. The van der Waals surface area contributed by atoms with Crippen LogP contribution in [0.2, 0.25) is 0 Å². The number of carbonyl (C=O) groups is 1. The van der Waals surface area contributed by atoms with Crippen LogP contribution in [0.25, 0.3) is 0 Å². The Hall–Kier alpha value is -1.62. The Morgan fingerprint density at radius 1 is 1.41 bits per heavy atom. The number of piperidine rings is 1. The summed E-state index contributed by atoms with van der Waals surface area (Å²) in [4.78, 5) is 21.3. The predicted molar refractivity (Wildman–Crippen MR) is 90.1 cm³/mol. The van der Waals surface area contributed by atoms with Crippen LogP contribution >= 0.6 is 0 Å². The molecule has 1 aromatic heterocycles. The summed E-state index contributed by atoms with van der Waals surface area (Å²) >= 11 is 0. The SMILES string of the molecule is CCCN(CC)c1ccc(C(=O)N2CCCCC2CN)cn1. The number of anilines is 1. The van der Waals surface area contributed by atoms with E-state index in [-0.39, 0.29) is 11.9 Å². The summed E-state index contributed by atoms with van der Waals surface area (Å²) in [6.45, 7) is 7.53. The maximum atomic E-state index is 12.7. The van der Waals surface area contributed by atoms with Crippen LogP contribution in [-0.4, -0.2) is 48.0 Å². The molecule has 2 heterocycles. The minimum absolute atomic E-state index is 0.0627. The van der Waals surface area contributed by atoms with Gasteiger partial charge in [0.15, 0.2) is 0 Å². The van der Waals surface area contributed by atoms with Gasteiger partial charge in [-0.1, -0.05) is 6.92 Å². The van der Waals surface area contributed by atoms with Crippen LogP contribution < -0.4 is 10.6 Å². The Morgan fingerprint density at radius 2 is 2.23 bits per heavy atom. The molecule has 0 bridgehead atoms. The van der Waals surface area contributed by atoms with Crippen molar-refractivity contribution in [3.63, 3.8) is 0 Å². The van der Waals surface area contributed by atoms with Crippen molar-refractivity contribution in [3.8, 4) is 0 Å². The van der Waals surface area contributed by atoms with Crippen LogP contribution in [0, 0.1) is 0 Å². The summed E-state index contributed by atoms with van der Waals surface area (Å²) in [6.07, 6.45) is 6.02. The van der Waals surface area contributed by atoms with Gasteiger partial charge in [0.2, 0.25) is 0 Å². The Balaban J connectivity index is 2.10. The van der Waals surface area contributed by atoms with Crippen LogP contribution in [0.3, 0.4) is 0 Å². The first kappa shape index (κ1) is 16.7. The molecular formula is C17H28N4O. The van der Waals surface area contributed by atoms with E-state index < -0.39 is 0 Å². The molecule has 122 valence electrons. The van der Waals surface area contributed by atoms with Crippen molar-refractivity contribution < 1.29 is 4.79 Å². The first-order valence-corrected chi connectivity index (χ1v) is 8.43. The fraction of sp³-hybridized carbons (Fsp3) is 0.647. The molecule has 5 nitrogen and oxygen atoms in total. The molecule has 0 aromatic carbocycles. The largest absolute Gasteiger partial charge is 0.357 e. The zero-order chi connectivity index (χ0) is 15.9. The molecule has 1 aromatic rings. The van der Waals surface area contributed by atoms with Gasteiger partial charge in [-0.25, -0.2) is 4.98 Å². The molecular weight excluding hydrogens is 276 g/mol. The molecule has 0 aliphatic carbocycles. The Morgan fingerprint density at radius 3 is 2.82 bits per heavy atom. The normalized spacial score (nSPS) is 18.3. The van der Waals surface area contributed by atoms with Crippen molar-refractivity contribution >= 4 is 11.7 Å². The number of nitrogens with two attached hydrogens (primary N) is 1. The molecule has 22 heavy (non-hydrogen) atoms. The van der Waals surface area contributed by atoms with Gasteiger partial charge < -0.3 is 15.5 Å². The number of likely N-dealkylation sites (tertiary alicyclic amines) is 1. The zero-order valence-corrected chi connectivity index (χ0v) is 13.8. The van der Waals surface area contributed by atoms with Gasteiger partial charge >= 0.3 is 0 Å². The highest BCUT2D eigenvalue weighted by Gasteiger charge is 2.26. The summed E-state index contributed by atoms with van der Waals surface area (Å²) < 4.78 is 0. The number of amides is 1. The van der Waals surface area contributed by atoms with Crippen molar-refractivity contribution in [2.24, 2.45) is 5.73 Å². The van der Waals surface area contributed by atoms with E-state index >= 15 is 0 Å². The molecule has 2 N–H and O–H groups in total. The van der Waals surface area contributed by atoms with Crippen LogP contribution in [0.5, 0.6) is 0 Å². The third kappa shape index (κ3) is 3.77. The summed E-state index contributed by atoms with van der Waals surface area (Å²) in [5.74, 6) is 1.00. The predicted octanol–water partition coefficient (Wildman–Crippen LogP) is 2.27. The van der Waals surface area contributed by atoms with Crippen molar-refractivity contribution in [1.82, 2.24) is 9.88 Å². The minimum atomic E-state index is 0.0627. The summed E-state index contributed by atoms with van der Waals surface area (Å²) in [6, 6.07) is 4.02. The van der Waals surface area contributed by atoms with Gasteiger partial charge in [-0.05, 0) is 44.7 Å². The van der Waals surface area contributed by atoms with E-state index in [0.717, 1.165) is 51.1 Å². The number of hydrogen-bond donors (Lipinski definition) is 1. The lowest BCUT2D eigenvalue weighted by molar-refractivity contribution is 0.0623. The molecule has 1 amide bonds. The minimum Gasteiger partial charge on any atom is -0.357 e. The van der Waals surface area contributed by atoms with Crippen molar-refractivity contribution in [3.05, 3.63) is 23.9 Å². The summed E-state index contributed by atoms with van der Waals surface area (Å²) in [5.41, 5.74) is 6.47. The topological polar surface area (TPSA) is 62.5 Å². The average molecular weight is 304 g/mol. The number of aromatic nitrogens is 1. The molecule has 1 unspecified atom stereocenters. The van der Waals surface area contributed by atoms with E-state index in [1.807, 2.05) is 17.0 Å². The Labute approximate surface area is 133 Å². The third-order valence-electron chi connectivity index (χ3n) is 4.35. The molecule has 2 rings (SSSR count). The van der Waals surface area contributed by atoms with E-state index in [9.17, 15) is 4.79 Å². The Bertz CT molecular complexity index is 474. The fourth-order valence-electron chi connectivity index (χ4n) is 3.08. The fourth-order valence-corrected chi connectivity index (χ4v) is 3.08. The lowest BCUT2D eigenvalue weighted by Crippen LogP contribution is -2.47. The average Bonchev–Trinajstić information content (AvgIpc) is 2.59. The number of nitrogens with zero attached hydrogens (tertiary/aromatic N) is 3. The molecule has 0 spiro atoms. The summed E-state index contributed by atoms with van der Waals surface area (Å²) in [7, 11) is 0. The standard InChI is InChI=1S/C17H28N4O/c1-3-10-20(4-2)16-9-8-14(13-19-16)17(22)21-11-6-5-7-15(21)12-18/h8-9,13,15H,3-7,10-12,18H2,1-2H3. The monoisotopic (exact) mass is 304 g/mol. The third-order valence-corrected chi connectivity index (χ3v) is 4.35. The second-order valence-electron chi connectivity index (χ2n) is 5.87. The van der Waals surface area contributed by atoms with Gasteiger partial charge in [-0.15, -0.1) is 0 Å². The highest BCUT2D eigenvalue weighted by Crippen LogP contribution is 2.20. The second-order valence-corrected chi connectivity index (χ2v) is 5.87. The highest BCUT2D eigenvalue weighted by atomic mass is 16.2. The van der Waals surface area contributed by atoms with E-state index in [1.165, 1.54) is 0 Å². The lowest BCUT2D eigenvalue weighted by Gasteiger charge is -2.35. The first-order valence-electron chi connectivity index (χ1n) is 8.43. The number of carbonyl (C=O) groups excluding carboxylic acids is 1. The van der Waals surface area contributed by atoms with Gasteiger partial charge in [0.25, 0.3) is 5.91 Å². The summed E-state index contributed by atoms with van der Waals surface area (Å²) in [5, 5.41) is 0. The number of rotatable bonds is 6. The molecule has 1 fully saturated rings. The molecule has 1 aliphatic heterocycles. The van der Waals surface area contributed by atoms with Gasteiger partial charge in [0, 0.05) is 38.4 Å². The van der Waals surface area contributed by atoms with E-state index in [1.54, 1.807) is 6.20 Å². The van der Waals surface area contributed by atoms with Gasteiger partial charge in [0.1, 0.15) is 5.82 Å². The maximum Gasteiger partial charge on any atom is 0.255 e.